The number of rotatable bonds is 9. The lowest BCUT2D eigenvalue weighted by molar-refractivity contribution is -0.117. The summed E-state index contributed by atoms with van der Waals surface area (Å²) in [6.45, 7) is 4.31. The first-order chi connectivity index (χ1) is 14.8. The Hall–Kier alpha value is -2.66. The maximum absolute atomic E-state index is 12.3. The van der Waals surface area contributed by atoms with E-state index in [2.05, 4.69) is 10.2 Å². The quantitative estimate of drug-likeness (QED) is 0.591. The van der Waals surface area contributed by atoms with Gasteiger partial charge < -0.3 is 19.7 Å². The van der Waals surface area contributed by atoms with Gasteiger partial charge in [-0.25, -0.2) is 13.6 Å². The largest absolute Gasteiger partial charge is 0.492 e. The second-order valence-corrected chi connectivity index (χ2v) is 8.86. The zero-order valence-electron chi connectivity index (χ0n) is 17.5. The molecule has 1 aliphatic heterocycles. The van der Waals surface area contributed by atoms with E-state index >= 15 is 0 Å². The van der Waals surface area contributed by atoms with E-state index in [4.69, 9.17) is 14.6 Å². The van der Waals surface area contributed by atoms with Crippen LogP contribution in [0.15, 0.2) is 53.4 Å². The normalized spacial score (nSPS) is 14.5. The first-order valence-electron chi connectivity index (χ1n) is 9.98. The molecule has 9 nitrogen and oxygen atoms in total. The smallest absolute Gasteiger partial charge is 0.238 e. The summed E-state index contributed by atoms with van der Waals surface area (Å²) in [4.78, 5) is 16.4. The summed E-state index contributed by atoms with van der Waals surface area (Å²) >= 11 is 0. The van der Waals surface area contributed by atoms with Crippen LogP contribution in [0.4, 0.5) is 11.4 Å². The Morgan fingerprint density at radius 3 is 2.39 bits per heavy atom. The van der Waals surface area contributed by atoms with Crippen molar-refractivity contribution in [2.45, 2.75) is 4.90 Å². The fourth-order valence-corrected chi connectivity index (χ4v) is 3.66. The molecular formula is C21H28N4O5S. The van der Waals surface area contributed by atoms with E-state index in [1.54, 1.807) is 12.1 Å². The van der Waals surface area contributed by atoms with E-state index < -0.39 is 10.0 Å². The summed E-state index contributed by atoms with van der Waals surface area (Å²) in [7, 11) is -1.89. The predicted molar refractivity (Wildman–Crippen MR) is 119 cm³/mol. The SMILES string of the molecule is CN(CCOc1ccc(S(N)(=O)=O)cc1)CC(=O)Nc1ccc(N2CCOCC2)cc1. The van der Waals surface area contributed by atoms with Crippen LogP contribution in [0.2, 0.25) is 0 Å². The van der Waals surface area contributed by atoms with Crippen molar-refractivity contribution in [3.05, 3.63) is 48.5 Å². The summed E-state index contributed by atoms with van der Waals surface area (Å²) in [6.07, 6.45) is 0. The number of benzene rings is 2. The molecule has 168 valence electrons. The fourth-order valence-electron chi connectivity index (χ4n) is 3.15. The number of likely N-dealkylation sites (N-methyl/N-ethyl adjacent to an activating group) is 1. The van der Waals surface area contributed by atoms with Crippen molar-refractivity contribution in [1.29, 1.82) is 0 Å². The highest BCUT2D eigenvalue weighted by molar-refractivity contribution is 7.89. The lowest BCUT2D eigenvalue weighted by Gasteiger charge is -2.28. The number of anilines is 2. The number of nitrogens with zero attached hydrogens (tertiary/aromatic N) is 2. The van der Waals surface area contributed by atoms with Crippen LogP contribution in [0.1, 0.15) is 0 Å². The van der Waals surface area contributed by atoms with Gasteiger partial charge in [0.15, 0.2) is 0 Å². The molecule has 1 fully saturated rings. The van der Waals surface area contributed by atoms with Crippen LogP contribution in [-0.2, 0) is 19.6 Å². The van der Waals surface area contributed by atoms with Gasteiger partial charge in [0.05, 0.1) is 24.7 Å². The first kappa shape index (κ1) is 23.0. The molecule has 1 aliphatic rings. The van der Waals surface area contributed by atoms with Gasteiger partial charge in [-0.2, -0.15) is 0 Å². The van der Waals surface area contributed by atoms with Crippen LogP contribution in [0.25, 0.3) is 0 Å². The van der Waals surface area contributed by atoms with Gasteiger partial charge in [0, 0.05) is 31.0 Å². The van der Waals surface area contributed by atoms with Crippen molar-refractivity contribution in [3.63, 3.8) is 0 Å². The van der Waals surface area contributed by atoms with Gasteiger partial charge in [0.2, 0.25) is 15.9 Å². The van der Waals surface area contributed by atoms with Crippen molar-refractivity contribution in [1.82, 2.24) is 4.90 Å². The summed E-state index contributed by atoms with van der Waals surface area (Å²) in [5.41, 5.74) is 1.87. The van der Waals surface area contributed by atoms with Crippen molar-refractivity contribution < 1.29 is 22.7 Å². The van der Waals surface area contributed by atoms with Crippen molar-refractivity contribution in [2.75, 3.05) is 63.3 Å². The van der Waals surface area contributed by atoms with Gasteiger partial charge in [-0.05, 0) is 55.6 Å². The Morgan fingerprint density at radius 2 is 1.77 bits per heavy atom. The number of nitrogens with one attached hydrogen (secondary N) is 1. The maximum atomic E-state index is 12.3. The van der Waals surface area contributed by atoms with E-state index in [9.17, 15) is 13.2 Å². The third-order valence-electron chi connectivity index (χ3n) is 4.83. The van der Waals surface area contributed by atoms with Gasteiger partial charge >= 0.3 is 0 Å². The number of sulfonamides is 1. The standard InChI is InChI=1S/C21H28N4O5S/c1-24(10-15-30-19-6-8-20(9-7-19)31(22,27)28)16-21(26)23-17-2-4-18(5-3-17)25-11-13-29-14-12-25/h2-9H,10-16H2,1H3,(H,23,26)(H2,22,27,28). The zero-order valence-corrected chi connectivity index (χ0v) is 18.3. The topological polar surface area (TPSA) is 114 Å². The van der Waals surface area contributed by atoms with Gasteiger partial charge in [-0.15, -0.1) is 0 Å². The Balaban J connectivity index is 1.39. The van der Waals surface area contributed by atoms with Gasteiger partial charge in [0.1, 0.15) is 12.4 Å². The number of nitrogens with two attached hydrogens (primary N) is 1. The van der Waals surface area contributed by atoms with Crippen LogP contribution in [0, 0.1) is 0 Å². The molecule has 0 unspecified atom stereocenters. The number of ether oxygens (including phenoxy) is 2. The molecule has 10 heteroatoms. The highest BCUT2D eigenvalue weighted by Gasteiger charge is 2.12. The molecule has 1 heterocycles. The Bertz CT molecular complexity index is 958. The van der Waals surface area contributed by atoms with Crippen LogP contribution >= 0.6 is 0 Å². The minimum absolute atomic E-state index is 0.0339. The number of morpholine rings is 1. The molecule has 1 amide bonds. The van der Waals surface area contributed by atoms with Gasteiger partial charge in [-0.1, -0.05) is 0 Å². The second-order valence-electron chi connectivity index (χ2n) is 7.30. The van der Waals surface area contributed by atoms with Crippen molar-refractivity contribution in [2.24, 2.45) is 5.14 Å². The predicted octanol–water partition coefficient (Wildman–Crippen LogP) is 1.12. The number of hydrogen-bond acceptors (Lipinski definition) is 7. The highest BCUT2D eigenvalue weighted by Crippen LogP contribution is 2.19. The third kappa shape index (κ3) is 7.21. The summed E-state index contributed by atoms with van der Waals surface area (Å²) in [6, 6.07) is 13.7. The number of carbonyl (C=O) groups is 1. The van der Waals surface area contributed by atoms with E-state index in [1.807, 2.05) is 36.2 Å². The maximum Gasteiger partial charge on any atom is 0.238 e. The Morgan fingerprint density at radius 1 is 1.13 bits per heavy atom. The lowest BCUT2D eigenvalue weighted by Crippen LogP contribution is -2.36. The van der Waals surface area contributed by atoms with Gasteiger partial charge in [0.25, 0.3) is 0 Å². The second kappa shape index (κ2) is 10.6. The Labute approximate surface area is 182 Å². The monoisotopic (exact) mass is 448 g/mol. The van der Waals surface area contributed by atoms with Crippen molar-refractivity contribution in [3.8, 4) is 5.75 Å². The third-order valence-corrected chi connectivity index (χ3v) is 5.76. The summed E-state index contributed by atoms with van der Waals surface area (Å²) in [5, 5.41) is 7.97. The molecule has 3 N–H and O–H groups in total. The molecule has 0 saturated carbocycles. The summed E-state index contributed by atoms with van der Waals surface area (Å²) in [5.74, 6) is 0.421. The molecule has 3 rings (SSSR count). The number of carbonyl (C=O) groups excluding carboxylic acids is 1. The average Bonchev–Trinajstić information content (AvgIpc) is 2.74. The molecule has 0 atom stereocenters. The van der Waals surface area contributed by atoms with Crippen LogP contribution in [0.5, 0.6) is 5.75 Å². The van der Waals surface area contributed by atoms with Crippen LogP contribution in [-0.4, -0.2) is 72.3 Å². The minimum atomic E-state index is -3.72. The molecular weight excluding hydrogens is 420 g/mol. The Kier molecular flexibility index (Phi) is 7.85. The molecule has 1 saturated heterocycles. The number of amides is 1. The van der Waals surface area contributed by atoms with Crippen molar-refractivity contribution >= 4 is 27.3 Å². The molecule has 0 spiro atoms. The molecule has 2 aromatic carbocycles. The molecule has 31 heavy (non-hydrogen) atoms. The van der Waals surface area contributed by atoms with E-state index in [0.29, 0.717) is 18.9 Å². The highest BCUT2D eigenvalue weighted by atomic mass is 32.2. The molecule has 2 aromatic rings. The number of hydrogen-bond donors (Lipinski definition) is 2. The zero-order chi connectivity index (χ0) is 22.3. The van der Waals surface area contributed by atoms with Crippen LogP contribution < -0.4 is 20.1 Å². The lowest BCUT2D eigenvalue weighted by atomic mass is 10.2. The van der Waals surface area contributed by atoms with E-state index in [0.717, 1.165) is 37.7 Å². The number of primary sulfonamides is 1. The molecule has 0 radical (unpaired) electrons. The van der Waals surface area contributed by atoms with Gasteiger partial charge in [-0.3, -0.25) is 9.69 Å². The van der Waals surface area contributed by atoms with E-state index in [-0.39, 0.29) is 17.3 Å². The summed E-state index contributed by atoms with van der Waals surface area (Å²) < 4.78 is 33.5. The fraction of sp³-hybridized carbons (Fsp3) is 0.381. The molecule has 0 aliphatic carbocycles. The molecule has 0 bridgehead atoms. The van der Waals surface area contributed by atoms with E-state index in [1.165, 1.54) is 12.1 Å². The van der Waals surface area contributed by atoms with Crippen LogP contribution in [0.3, 0.4) is 0 Å². The molecule has 0 aromatic heterocycles. The first-order valence-corrected chi connectivity index (χ1v) is 11.5. The average molecular weight is 449 g/mol. The minimum Gasteiger partial charge on any atom is -0.492 e.